The van der Waals surface area contributed by atoms with Crippen molar-refractivity contribution in [2.24, 2.45) is 0 Å². The van der Waals surface area contributed by atoms with E-state index in [0.717, 1.165) is 10.7 Å². The van der Waals surface area contributed by atoms with Crippen LogP contribution in [0, 0.1) is 0 Å². The van der Waals surface area contributed by atoms with Crippen LogP contribution >= 0.6 is 31.9 Å². The van der Waals surface area contributed by atoms with Crippen LogP contribution < -0.4 is 0 Å². The molecule has 0 nitrogen and oxygen atoms in total. The van der Waals surface area contributed by atoms with Crippen LogP contribution in [0.2, 0.25) is 0 Å². The topological polar surface area (TPSA) is 0 Å². The minimum atomic E-state index is 0.666. The molecule has 0 bridgehead atoms. The largest absolute Gasteiger partial charge is 0.0928 e. The summed E-state index contributed by atoms with van der Waals surface area (Å²) >= 11 is 7.03. The van der Waals surface area contributed by atoms with Crippen LogP contribution in [0.4, 0.5) is 0 Å². The highest BCUT2D eigenvalue weighted by Gasteiger charge is 2.08. The van der Waals surface area contributed by atoms with E-state index in [-0.39, 0.29) is 0 Å². The molecule has 2 heteroatoms. The molecule has 1 aromatic carbocycles. The molecule has 1 aromatic rings. The fraction of sp³-hybridized carbons (Fsp3) is 0.455. The van der Waals surface area contributed by atoms with Gasteiger partial charge in [-0.1, -0.05) is 62.2 Å². The lowest BCUT2D eigenvalue weighted by atomic mass is 9.97. The molecule has 1 rings (SSSR count). The average molecular weight is 306 g/mol. The Labute approximate surface area is 97.0 Å². The second-order valence-electron chi connectivity index (χ2n) is 3.09. The third kappa shape index (κ3) is 3.82. The van der Waals surface area contributed by atoms with Crippen molar-refractivity contribution in [3.8, 4) is 0 Å². The van der Waals surface area contributed by atoms with Gasteiger partial charge in [-0.2, -0.15) is 0 Å². The number of hydrogen-bond acceptors (Lipinski definition) is 0. The quantitative estimate of drug-likeness (QED) is 0.710. The Morgan fingerprint density at radius 3 is 2.31 bits per heavy atom. The summed E-state index contributed by atoms with van der Waals surface area (Å²) in [6.45, 7) is 0. The summed E-state index contributed by atoms with van der Waals surface area (Å²) in [4.78, 5) is 0. The van der Waals surface area contributed by atoms with Gasteiger partial charge < -0.3 is 0 Å². The number of benzene rings is 1. The van der Waals surface area contributed by atoms with Gasteiger partial charge in [0, 0.05) is 10.7 Å². The first-order valence-corrected chi connectivity index (χ1v) is 6.79. The monoisotopic (exact) mass is 304 g/mol. The second-order valence-corrected chi connectivity index (χ2v) is 4.53. The van der Waals surface area contributed by atoms with Gasteiger partial charge in [-0.3, -0.25) is 0 Å². The zero-order chi connectivity index (χ0) is 9.52. The van der Waals surface area contributed by atoms with Crippen molar-refractivity contribution >= 4 is 31.9 Å². The lowest BCUT2D eigenvalue weighted by molar-refractivity contribution is 0.683. The maximum absolute atomic E-state index is 3.57. The molecule has 0 heterocycles. The molecule has 0 aromatic heterocycles. The molecule has 0 radical (unpaired) electrons. The van der Waals surface area contributed by atoms with Crippen molar-refractivity contribution in [1.82, 2.24) is 0 Å². The smallest absolute Gasteiger partial charge is 0.0100 e. The summed E-state index contributed by atoms with van der Waals surface area (Å²) < 4.78 is 0. The summed E-state index contributed by atoms with van der Waals surface area (Å²) in [5.41, 5.74) is 1.44. The molecule has 1 atom stereocenters. The summed E-state index contributed by atoms with van der Waals surface area (Å²) in [7, 11) is 0. The normalized spacial score (nSPS) is 12.8. The van der Waals surface area contributed by atoms with Crippen LogP contribution in [0.3, 0.4) is 0 Å². The van der Waals surface area contributed by atoms with Crippen molar-refractivity contribution < 1.29 is 0 Å². The molecular formula is C11H14Br2. The highest BCUT2D eigenvalue weighted by Crippen LogP contribution is 2.23. The summed E-state index contributed by atoms with van der Waals surface area (Å²) in [6, 6.07) is 10.7. The maximum atomic E-state index is 3.57. The van der Waals surface area contributed by atoms with Crippen LogP contribution in [-0.2, 0) is 0 Å². The molecule has 0 aliphatic carbocycles. The van der Waals surface area contributed by atoms with Gasteiger partial charge in [-0.25, -0.2) is 0 Å². The van der Waals surface area contributed by atoms with E-state index in [1.165, 1.54) is 18.4 Å². The standard InChI is InChI=1S/C11H14Br2/c12-8-4-7-11(9-13)10-5-2-1-3-6-10/h1-3,5-6,11H,4,7-9H2/t11-/m0/s1. The third-order valence-electron chi connectivity index (χ3n) is 2.14. The van der Waals surface area contributed by atoms with Crippen LogP contribution in [0.5, 0.6) is 0 Å². The Morgan fingerprint density at radius 1 is 1.08 bits per heavy atom. The van der Waals surface area contributed by atoms with Gasteiger partial charge in [0.2, 0.25) is 0 Å². The molecule has 0 aliphatic heterocycles. The summed E-state index contributed by atoms with van der Waals surface area (Å²) in [5, 5.41) is 2.16. The van der Waals surface area contributed by atoms with Gasteiger partial charge in [-0.15, -0.1) is 0 Å². The second kappa shape index (κ2) is 6.61. The molecule has 72 valence electrons. The van der Waals surface area contributed by atoms with E-state index in [1.807, 2.05) is 0 Å². The molecule has 0 fully saturated rings. The fourth-order valence-corrected chi connectivity index (χ4v) is 2.40. The first kappa shape index (κ1) is 11.3. The first-order valence-electron chi connectivity index (χ1n) is 4.55. The first-order chi connectivity index (χ1) is 6.38. The third-order valence-corrected chi connectivity index (χ3v) is 3.49. The van der Waals surface area contributed by atoms with Gasteiger partial charge >= 0.3 is 0 Å². The SMILES string of the molecule is BrCCC[C@@H](CBr)c1ccccc1. The maximum Gasteiger partial charge on any atom is 0.0100 e. The van der Waals surface area contributed by atoms with Crippen LogP contribution in [0.25, 0.3) is 0 Å². The number of rotatable bonds is 5. The molecule has 0 spiro atoms. The molecule has 0 aliphatic rings. The van der Waals surface area contributed by atoms with Gasteiger partial charge in [0.25, 0.3) is 0 Å². The highest BCUT2D eigenvalue weighted by molar-refractivity contribution is 9.09. The zero-order valence-electron chi connectivity index (χ0n) is 7.55. The summed E-state index contributed by atoms with van der Waals surface area (Å²) in [5.74, 6) is 0.666. The Balaban J connectivity index is 2.56. The number of halogens is 2. The van der Waals surface area contributed by atoms with Gasteiger partial charge in [0.05, 0.1) is 0 Å². The Hall–Kier alpha value is 0.180. The van der Waals surface area contributed by atoms with Crippen molar-refractivity contribution in [3.05, 3.63) is 35.9 Å². The van der Waals surface area contributed by atoms with Crippen LogP contribution in [-0.4, -0.2) is 10.7 Å². The molecule has 0 N–H and O–H groups in total. The highest BCUT2D eigenvalue weighted by atomic mass is 79.9. The van der Waals surface area contributed by atoms with Crippen molar-refractivity contribution in [1.29, 1.82) is 0 Å². The minimum absolute atomic E-state index is 0.666. The van der Waals surface area contributed by atoms with Crippen LogP contribution in [0.1, 0.15) is 24.3 Å². The Bertz CT molecular complexity index is 221. The van der Waals surface area contributed by atoms with E-state index in [4.69, 9.17) is 0 Å². The lowest BCUT2D eigenvalue weighted by Gasteiger charge is -2.13. The predicted molar refractivity (Wildman–Crippen MR) is 66.0 cm³/mol. The minimum Gasteiger partial charge on any atom is -0.0928 e. The predicted octanol–water partition coefficient (Wildman–Crippen LogP) is 4.34. The van der Waals surface area contributed by atoms with E-state index in [2.05, 4.69) is 62.2 Å². The molecule has 0 saturated carbocycles. The van der Waals surface area contributed by atoms with Gasteiger partial charge in [0.15, 0.2) is 0 Å². The van der Waals surface area contributed by atoms with E-state index in [1.54, 1.807) is 0 Å². The molecule has 0 saturated heterocycles. The molecule has 13 heavy (non-hydrogen) atoms. The molecular weight excluding hydrogens is 292 g/mol. The van der Waals surface area contributed by atoms with E-state index in [0.29, 0.717) is 5.92 Å². The Kier molecular flexibility index (Phi) is 5.72. The Morgan fingerprint density at radius 2 is 1.77 bits per heavy atom. The average Bonchev–Trinajstić information content (AvgIpc) is 2.21. The lowest BCUT2D eigenvalue weighted by Crippen LogP contribution is -2.00. The fourth-order valence-electron chi connectivity index (χ4n) is 1.38. The van der Waals surface area contributed by atoms with Gasteiger partial charge in [0.1, 0.15) is 0 Å². The zero-order valence-corrected chi connectivity index (χ0v) is 10.7. The van der Waals surface area contributed by atoms with E-state index < -0.39 is 0 Å². The van der Waals surface area contributed by atoms with E-state index in [9.17, 15) is 0 Å². The van der Waals surface area contributed by atoms with Crippen molar-refractivity contribution in [3.63, 3.8) is 0 Å². The number of hydrogen-bond donors (Lipinski definition) is 0. The molecule has 0 amide bonds. The molecule has 0 unspecified atom stereocenters. The van der Waals surface area contributed by atoms with E-state index >= 15 is 0 Å². The number of alkyl halides is 2. The van der Waals surface area contributed by atoms with Crippen LogP contribution in [0.15, 0.2) is 30.3 Å². The van der Waals surface area contributed by atoms with Crippen molar-refractivity contribution in [2.45, 2.75) is 18.8 Å². The summed E-state index contributed by atoms with van der Waals surface area (Å²) in [6.07, 6.45) is 2.49. The van der Waals surface area contributed by atoms with Gasteiger partial charge in [-0.05, 0) is 24.3 Å². The van der Waals surface area contributed by atoms with Crippen molar-refractivity contribution in [2.75, 3.05) is 10.7 Å².